The highest BCUT2D eigenvalue weighted by Crippen LogP contribution is 2.43. The molecule has 0 saturated heterocycles. The Labute approximate surface area is 126 Å². The van der Waals surface area contributed by atoms with Crippen LogP contribution in [0.25, 0.3) is 0 Å². The van der Waals surface area contributed by atoms with E-state index in [1.54, 1.807) is 6.42 Å². The van der Waals surface area contributed by atoms with Crippen LogP contribution in [0.4, 0.5) is 0 Å². The highest BCUT2D eigenvalue weighted by molar-refractivity contribution is 4.95. The summed E-state index contributed by atoms with van der Waals surface area (Å²) < 4.78 is 0. The Hall–Kier alpha value is -0.260. The number of hydrogen-bond donors (Lipinski definition) is 0. The molecule has 0 heterocycles. The van der Waals surface area contributed by atoms with Crippen molar-refractivity contribution >= 4 is 0 Å². The Balaban J connectivity index is 1.71. The molecule has 2 fully saturated rings. The molecule has 0 spiro atoms. The number of allylic oxidation sites excluding steroid dienone is 2. The minimum Gasteiger partial charge on any atom is -0.0882 e. The predicted molar refractivity (Wildman–Crippen MR) is 87.6 cm³/mol. The van der Waals surface area contributed by atoms with E-state index >= 15 is 0 Å². The largest absolute Gasteiger partial charge is 0.0882 e. The van der Waals surface area contributed by atoms with Crippen molar-refractivity contribution in [2.24, 2.45) is 35.5 Å². The fraction of sp³-hybridized carbons (Fsp3) is 0.900. The first kappa shape index (κ1) is 14.7. The zero-order valence-electron chi connectivity index (χ0n) is 13.7. The van der Waals surface area contributed by atoms with E-state index in [9.17, 15) is 0 Å². The molecule has 0 nitrogen and oxygen atoms in total. The predicted octanol–water partition coefficient (Wildman–Crippen LogP) is 6.22. The van der Waals surface area contributed by atoms with Crippen molar-refractivity contribution in [2.75, 3.05) is 0 Å². The molecular weight excluding hydrogens is 240 g/mol. The van der Waals surface area contributed by atoms with Crippen LogP contribution in [0.2, 0.25) is 0 Å². The molecule has 0 heteroatoms. The Morgan fingerprint density at radius 3 is 2.20 bits per heavy atom. The molecule has 3 rings (SSSR count). The van der Waals surface area contributed by atoms with Crippen molar-refractivity contribution in [1.82, 2.24) is 0 Å². The molecule has 6 atom stereocenters. The van der Waals surface area contributed by atoms with Crippen LogP contribution in [0.1, 0.15) is 78.1 Å². The van der Waals surface area contributed by atoms with E-state index in [2.05, 4.69) is 26.0 Å². The second-order valence-corrected chi connectivity index (χ2v) is 8.25. The second-order valence-electron chi connectivity index (χ2n) is 8.25. The third kappa shape index (κ3) is 3.31. The van der Waals surface area contributed by atoms with E-state index in [1.165, 1.54) is 57.8 Å². The van der Waals surface area contributed by atoms with Gasteiger partial charge in [0, 0.05) is 0 Å². The lowest BCUT2D eigenvalue weighted by molar-refractivity contribution is 0.185. The molecule has 0 aromatic heterocycles. The fourth-order valence-electron chi connectivity index (χ4n) is 5.36. The molecule has 2 saturated carbocycles. The topological polar surface area (TPSA) is 0 Å². The van der Waals surface area contributed by atoms with Gasteiger partial charge in [-0.2, -0.15) is 0 Å². The summed E-state index contributed by atoms with van der Waals surface area (Å²) in [6.07, 6.45) is 19.9. The molecule has 3 aliphatic carbocycles. The zero-order chi connectivity index (χ0) is 13.9. The molecule has 20 heavy (non-hydrogen) atoms. The third-order valence-corrected chi connectivity index (χ3v) is 7.11. The van der Waals surface area contributed by atoms with Crippen molar-refractivity contribution in [1.29, 1.82) is 0 Å². The molecular formula is C20H34. The summed E-state index contributed by atoms with van der Waals surface area (Å²) in [6.45, 7) is 5.08. The van der Waals surface area contributed by atoms with Gasteiger partial charge in [-0.05, 0) is 74.0 Å². The Bertz CT molecular complexity index is 329. The highest BCUT2D eigenvalue weighted by atomic mass is 14.4. The van der Waals surface area contributed by atoms with E-state index < -0.39 is 0 Å². The summed E-state index contributed by atoms with van der Waals surface area (Å²) >= 11 is 0. The molecule has 114 valence electrons. The summed E-state index contributed by atoms with van der Waals surface area (Å²) in [5.41, 5.74) is 0. The molecule has 0 aliphatic heterocycles. The van der Waals surface area contributed by atoms with Crippen molar-refractivity contribution in [2.45, 2.75) is 78.1 Å². The van der Waals surface area contributed by atoms with Gasteiger partial charge in [-0.15, -0.1) is 0 Å². The molecule has 0 radical (unpaired) electrons. The SMILES string of the molecule is CC1CCC2CCCC3CC=CCC3CCC(C2)C1C. The maximum Gasteiger partial charge on any atom is -0.0319 e. The van der Waals surface area contributed by atoms with Crippen LogP contribution in [0, 0.1) is 35.5 Å². The van der Waals surface area contributed by atoms with Gasteiger partial charge in [0.05, 0.1) is 0 Å². The van der Waals surface area contributed by atoms with Crippen LogP contribution in [0.3, 0.4) is 0 Å². The van der Waals surface area contributed by atoms with Crippen molar-refractivity contribution in [3.63, 3.8) is 0 Å². The highest BCUT2D eigenvalue weighted by Gasteiger charge is 2.32. The zero-order valence-corrected chi connectivity index (χ0v) is 13.7. The average Bonchev–Trinajstić information content (AvgIpc) is 2.60. The van der Waals surface area contributed by atoms with E-state index in [-0.39, 0.29) is 0 Å². The average molecular weight is 274 g/mol. The van der Waals surface area contributed by atoms with E-state index in [4.69, 9.17) is 0 Å². The first-order valence-corrected chi connectivity index (χ1v) is 9.39. The van der Waals surface area contributed by atoms with Gasteiger partial charge >= 0.3 is 0 Å². The van der Waals surface area contributed by atoms with Gasteiger partial charge in [-0.25, -0.2) is 0 Å². The normalized spacial score (nSPS) is 46.3. The van der Waals surface area contributed by atoms with Gasteiger partial charge in [0.2, 0.25) is 0 Å². The maximum absolute atomic E-state index is 2.56. The summed E-state index contributed by atoms with van der Waals surface area (Å²) in [7, 11) is 0. The van der Waals surface area contributed by atoms with E-state index in [1.807, 2.05) is 0 Å². The first-order chi connectivity index (χ1) is 9.74. The van der Waals surface area contributed by atoms with Crippen molar-refractivity contribution in [3.05, 3.63) is 12.2 Å². The number of rotatable bonds is 0. The lowest BCUT2D eigenvalue weighted by Crippen LogP contribution is -2.23. The lowest BCUT2D eigenvalue weighted by Gasteiger charge is -2.34. The lowest BCUT2D eigenvalue weighted by atomic mass is 9.71. The first-order valence-electron chi connectivity index (χ1n) is 9.39. The summed E-state index contributed by atoms with van der Waals surface area (Å²) in [5, 5.41) is 0. The van der Waals surface area contributed by atoms with Crippen LogP contribution in [-0.2, 0) is 0 Å². The van der Waals surface area contributed by atoms with Gasteiger partial charge in [0.25, 0.3) is 0 Å². The van der Waals surface area contributed by atoms with Crippen molar-refractivity contribution in [3.8, 4) is 0 Å². The maximum atomic E-state index is 2.56. The summed E-state index contributed by atoms with van der Waals surface area (Å²) in [5.74, 6) is 6.06. The van der Waals surface area contributed by atoms with E-state index in [0.717, 1.165) is 35.5 Å². The molecule has 6 unspecified atom stereocenters. The number of fused-ring (bicyclic) bond motifs is 3. The molecule has 0 aromatic carbocycles. The van der Waals surface area contributed by atoms with Crippen LogP contribution in [0.15, 0.2) is 12.2 Å². The van der Waals surface area contributed by atoms with E-state index in [0.29, 0.717) is 0 Å². The quantitative estimate of drug-likeness (QED) is 0.460. The third-order valence-electron chi connectivity index (χ3n) is 7.11. The summed E-state index contributed by atoms with van der Waals surface area (Å²) in [4.78, 5) is 0. The monoisotopic (exact) mass is 274 g/mol. The van der Waals surface area contributed by atoms with Gasteiger partial charge < -0.3 is 0 Å². The minimum atomic E-state index is 0.966. The second kappa shape index (κ2) is 6.67. The van der Waals surface area contributed by atoms with Crippen LogP contribution < -0.4 is 0 Å². The summed E-state index contributed by atoms with van der Waals surface area (Å²) in [6, 6.07) is 0. The Morgan fingerprint density at radius 1 is 0.700 bits per heavy atom. The molecule has 0 amide bonds. The van der Waals surface area contributed by atoms with Gasteiger partial charge in [-0.1, -0.05) is 51.7 Å². The molecule has 3 aliphatic rings. The standard InChI is InChI=1S/C20H34/c1-15-10-11-17-6-5-9-18-7-3-4-8-19(18)12-13-20(14-17)16(15)2/h3-4,15-20H,5-14H2,1-2H3. The van der Waals surface area contributed by atoms with Gasteiger partial charge in [0.1, 0.15) is 0 Å². The van der Waals surface area contributed by atoms with Crippen molar-refractivity contribution < 1.29 is 0 Å². The van der Waals surface area contributed by atoms with Crippen LogP contribution in [0.5, 0.6) is 0 Å². The fourth-order valence-corrected chi connectivity index (χ4v) is 5.36. The molecule has 2 bridgehead atoms. The van der Waals surface area contributed by atoms with Gasteiger partial charge in [-0.3, -0.25) is 0 Å². The smallest absolute Gasteiger partial charge is 0.0319 e. The number of hydrogen-bond acceptors (Lipinski definition) is 0. The van der Waals surface area contributed by atoms with Gasteiger partial charge in [0.15, 0.2) is 0 Å². The Morgan fingerprint density at radius 2 is 1.40 bits per heavy atom. The molecule has 0 N–H and O–H groups in total. The Kier molecular flexibility index (Phi) is 4.89. The minimum absolute atomic E-state index is 0.966. The van der Waals surface area contributed by atoms with Crippen LogP contribution >= 0.6 is 0 Å². The van der Waals surface area contributed by atoms with Crippen LogP contribution in [-0.4, -0.2) is 0 Å². The molecule has 0 aromatic rings.